The average molecular weight is 415 g/mol. The number of aromatic nitrogens is 2. The van der Waals surface area contributed by atoms with Crippen molar-refractivity contribution in [3.63, 3.8) is 0 Å². The third-order valence-corrected chi connectivity index (χ3v) is 4.81. The number of H-pyrrole nitrogens is 1. The van der Waals surface area contributed by atoms with Gasteiger partial charge < -0.3 is 9.47 Å². The van der Waals surface area contributed by atoms with Gasteiger partial charge >= 0.3 is 0 Å². The van der Waals surface area contributed by atoms with Crippen molar-refractivity contribution in [1.82, 2.24) is 9.97 Å². The maximum absolute atomic E-state index is 12.3. The number of aromatic amines is 1. The van der Waals surface area contributed by atoms with E-state index < -0.39 is 5.56 Å². The molecule has 8 nitrogen and oxygen atoms in total. The van der Waals surface area contributed by atoms with Crippen molar-refractivity contribution in [2.24, 2.45) is 5.10 Å². The van der Waals surface area contributed by atoms with Crippen LogP contribution in [-0.4, -0.2) is 35.5 Å². The van der Waals surface area contributed by atoms with Gasteiger partial charge in [-0.15, -0.1) is 0 Å². The molecule has 31 heavy (non-hydrogen) atoms. The van der Waals surface area contributed by atoms with Gasteiger partial charge in [-0.3, -0.25) is 9.78 Å². The number of benzene rings is 2. The van der Waals surface area contributed by atoms with Crippen LogP contribution in [0.4, 0.5) is 5.95 Å². The van der Waals surface area contributed by atoms with Crippen LogP contribution in [0.1, 0.15) is 24.0 Å². The number of nitrogens with one attached hydrogen (secondary N) is 2. The van der Waals surface area contributed by atoms with Gasteiger partial charge in [0.2, 0.25) is 5.95 Å². The Bertz CT molecular complexity index is 1140. The molecule has 0 atom stereocenters. The van der Waals surface area contributed by atoms with Crippen molar-refractivity contribution in [3.8, 4) is 23.1 Å². The van der Waals surface area contributed by atoms with Crippen LogP contribution in [-0.2, 0) is 4.74 Å². The summed E-state index contributed by atoms with van der Waals surface area (Å²) >= 11 is 0. The molecule has 0 bridgehead atoms. The molecule has 1 aliphatic rings. The average Bonchev–Trinajstić information content (AvgIpc) is 2.81. The summed E-state index contributed by atoms with van der Waals surface area (Å²) in [5.74, 6) is 0.959. The first kappa shape index (κ1) is 20.3. The van der Waals surface area contributed by atoms with Gasteiger partial charge in [-0.2, -0.15) is 10.4 Å². The van der Waals surface area contributed by atoms with Gasteiger partial charge in [0, 0.05) is 18.4 Å². The molecule has 2 N–H and O–H groups in total. The zero-order valence-corrected chi connectivity index (χ0v) is 16.7. The Labute approximate surface area is 179 Å². The Morgan fingerprint density at radius 3 is 2.61 bits per heavy atom. The van der Waals surface area contributed by atoms with E-state index in [0.717, 1.165) is 37.4 Å². The molecule has 1 saturated heterocycles. The molecule has 0 aliphatic carbocycles. The van der Waals surface area contributed by atoms with E-state index in [9.17, 15) is 10.1 Å². The second-order valence-electron chi connectivity index (χ2n) is 6.98. The lowest BCUT2D eigenvalue weighted by molar-refractivity contribution is 0.0256. The number of rotatable bonds is 6. The number of nitriles is 1. The minimum Gasteiger partial charge on any atom is -0.490 e. The van der Waals surface area contributed by atoms with E-state index in [1.54, 1.807) is 18.3 Å². The lowest BCUT2D eigenvalue weighted by Crippen LogP contribution is -2.25. The largest absolute Gasteiger partial charge is 0.490 e. The predicted molar refractivity (Wildman–Crippen MR) is 117 cm³/mol. The van der Waals surface area contributed by atoms with Crippen LogP contribution in [0.15, 0.2) is 64.5 Å². The number of anilines is 1. The number of hydrazone groups is 1. The summed E-state index contributed by atoms with van der Waals surface area (Å²) in [5.41, 5.74) is 3.99. The smallest absolute Gasteiger partial charge is 0.270 e. The van der Waals surface area contributed by atoms with Crippen LogP contribution >= 0.6 is 0 Å². The Morgan fingerprint density at radius 1 is 1.16 bits per heavy atom. The highest BCUT2D eigenvalue weighted by Crippen LogP contribution is 2.20. The van der Waals surface area contributed by atoms with E-state index >= 15 is 0 Å². The molecule has 156 valence electrons. The summed E-state index contributed by atoms with van der Waals surface area (Å²) in [4.78, 5) is 19.2. The Morgan fingerprint density at radius 2 is 1.90 bits per heavy atom. The van der Waals surface area contributed by atoms with E-state index in [4.69, 9.17) is 9.47 Å². The molecule has 1 aromatic heterocycles. The fourth-order valence-electron chi connectivity index (χ4n) is 3.22. The third kappa shape index (κ3) is 5.15. The van der Waals surface area contributed by atoms with Crippen LogP contribution in [0.2, 0.25) is 0 Å². The molecule has 0 amide bonds. The van der Waals surface area contributed by atoms with Gasteiger partial charge in [-0.1, -0.05) is 30.3 Å². The van der Waals surface area contributed by atoms with E-state index in [2.05, 4.69) is 20.5 Å². The first-order valence-electron chi connectivity index (χ1n) is 9.96. The van der Waals surface area contributed by atoms with E-state index in [-0.39, 0.29) is 17.6 Å². The highest BCUT2D eigenvalue weighted by atomic mass is 16.5. The summed E-state index contributed by atoms with van der Waals surface area (Å²) in [6.45, 7) is 1.47. The molecule has 8 heteroatoms. The SMILES string of the molecule is N#Cc1c(-c2ccccc2)nc(NN=Cc2ccc(OC3CCOCC3)cc2)[nH]c1=O. The van der Waals surface area contributed by atoms with Crippen molar-refractivity contribution in [2.45, 2.75) is 18.9 Å². The maximum atomic E-state index is 12.3. The molecule has 1 aliphatic heterocycles. The van der Waals surface area contributed by atoms with Crippen molar-refractivity contribution in [2.75, 3.05) is 18.6 Å². The summed E-state index contributed by atoms with van der Waals surface area (Å²) in [7, 11) is 0. The molecule has 0 radical (unpaired) electrons. The van der Waals surface area contributed by atoms with Crippen molar-refractivity contribution >= 4 is 12.2 Å². The summed E-state index contributed by atoms with van der Waals surface area (Å²) in [5, 5.41) is 13.5. The molecular formula is C23H21N5O3. The molecular weight excluding hydrogens is 394 g/mol. The first-order chi connectivity index (χ1) is 15.2. The fourth-order valence-corrected chi connectivity index (χ4v) is 3.22. The Hall–Kier alpha value is -3.96. The van der Waals surface area contributed by atoms with E-state index in [1.165, 1.54) is 0 Å². The maximum Gasteiger partial charge on any atom is 0.270 e. The van der Waals surface area contributed by atoms with Crippen molar-refractivity contribution in [3.05, 3.63) is 76.1 Å². The number of nitrogens with zero attached hydrogens (tertiary/aromatic N) is 3. The van der Waals surface area contributed by atoms with Crippen LogP contribution < -0.4 is 15.7 Å². The quantitative estimate of drug-likeness (QED) is 0.472. The second kappa shape index (κ2) is 9.69. The molecule has 0 saturated carbocycles. The lowest BCUT2D eigenvalue weighted by Gasteiger charge is -2.23. The molecule has 3 aromatic rings. The Kier molecular flexibility index (Phi) is 6.35. The first-order valence-corrected chi connectivity index (χ1v) is 9.96. The molecule has 1 fully saturated rings. The van der Waals surface area contributed by atoms with Crippen LogP contribution in [0, 0.1) is 11.3 Å². The zero-order valence-electron chi connectivity index (χ0n) is 16.7. The number of hydrogen-bond donors (Lipinski definition) is 2. The molecule has 4 rings (SSSR count). The van der Waals surface area contributed by atoms with Crippen molar-refractivity contribution < 1.29 is 9.47 Å². The number of ether oxygens (including phenoxy) is 2. The minimum atomic E-state index is -0.524. The molecule has 2 heterocycles. The van der Waals surface area contributed by atoms with Crippen molar-refractivity contribution in [1.29, 1.82) is 5.26 Å². The summed E-state index contributed by atoms with van der Waals surface area (Å²) in [6, 6.07) is 18.6. The standard InChI is InChI=1S/C23H21N5O3/c24-14-20-21(17-4-2-1-3-5-17)26-23(27-22(20)29)28-25-15-16-6-8-18(9-7-16)31-19-10-12-30-13-11-19/h1-9,15,19H,10-13H2,(H2,26,27,28,29). The van der Waals surface area contributed by atoms with E-state index in [1.807, 2.05) is 48.5 Å². The summed E-state index contributed by atoms with van der Waals surface area (Å²) in [6.07, 6.45) is 3.59. The molecule has 0 unspecified atom stereocenters. The van der Waals surface area contributed by atoms with Crippen LogP contribution in [0.3, 0.4) is 0 Å². The minimum absolute atomic E-state index is 0.0409. The van der Waals surface area contributed by atoms with Gasteiger partial charge in [-0.25, -0.2) is 10.4 Å². The topological polar surface area (TPSA) is 112 Å². The predicted octanol–water partition coefficient (Wildman–Crippen LogP) is 3.31. The zero-order chi connectivity index (χ0) is 21.5. The van der Waals surface area contributed by atoms with Gasteiger partial charge in [0.05, 0.1) is 25.1 Å². The fraction of sp³-hybridized carbons (Fsp3) is 0.217. The van der Waals surface area contributed by atoms with Gasteiger partial charge in [0.1, 0.15) is 23.5 Å². The van der Waals surface area contributed by atoms with Gasteiger partial charge in [-0.05, 0) is 29.8 Å². The summed E-state index contributed by atoms with van der Waals surface area (Å²) < 4.78 is 11.3. The monoisotopic (exact) mass is 415 g/mol. The van der Waals surface area contributed by atoms with E-state index in [0.29, 0.717) is 11.3 Å². The number of hydrogen-bond acceptors (Lipinski definition) is 7. The van der Waals surface area contributed by atoms with Crippen LogP contribution in [0.25, 0.3) is 11.3 Å². The van der Waals surface area contributed by atoms with Crippen LogP contribution in [0.5, 0.6) is 5.75 Å². The second-order valence-corrected chi connectivity index (χ2v) is 6.98. The molecule has 2 aromatic carbocycles. The third-order valence-electron chi connectivity index (χ3n) is 4.81. The van der Waals surface area contributed by atoms with Gasteiger partial charge in [0.15, 0.2) is 0 Å². The highest BCUT2D eigenvalue weighted by Gasteiger charge is 2.15. The molecule has 0 spiro atoms. The normalized spacial score (nSPS) is 14.3. The Balaban J connectivity index is 1.44. The lowest BCUT2D eigenvalue weighted by atomic mass is 10.1. The van der Waals surface area contributed by atoms with Gasteiger partial charge in [0.25, 0.3) is 5.56 Å². The highest BCUT2D eigenvalue weighted by molar-refractivity contribution is 5.80.